The molecule has 0 saturated carbocycles. The first-order valence-electron chi connectivity index (χ1n) is 7.20. The Morgan fingerprint density at radius 3 is 2.48 bits per heavy atom. The van der Waals surface area contributed by atoms with Crippen LogP contribution in [0.25, 0.3) is 0 Å². The number of rotatable bonds is 6. The maximum atomic E-state index is 12.5. The molecule has 0 bridgehead atoms. The molecule has 0 heterocycles. The normalized spacial score (nSPS) is 10.4. The average molecular weight is 373 g/mol. The van der Waals surface area contributed by atoms with E-state index in [-0.39, 0.29) is 5.91 Å². The van der Waals surface area contributed by atoms with E-state index in [1.807, 2.05) is 0 Å². The Bertz CT molecular complexity index is 704. The molecule has 0 fully saturated rings. The fraction of sp³-hybridized carbons (Fsp3) is 0.235. The Labute approximate surface area is 150 Å². The summed E-state index contributed by atoms with van der Waals surface area (Å²) < 4.78 is 5.67. The van der Waals surface area contributed by atoms with Crippen molar-refractivity contribution in [2.75, 3.05) is 11.9 Å². The Morgan fingerprint density at radius 2 is 1.78 bits per heavy atom. The summed E-state index contributed by atoms with van der Waals surface area (Å²) in [6.45, 7) is 2.61. The first-order valence-corrected chi connectivity index (χ1v) is 8.33. The van der Waals surface area contributed by atoms with Crippen molar-refractivity contribution in [3.8, 4) is 5.75 Å². The zero-order valence-corrected chi connectivity index (χ0v) is 14.8. The molecular weight excluding hydrogens is 357 g/mol. The fourth-order valence-electron chi connectivity index (χ4n) is 1.91. The summed E-state index contributed by atoms with van der Waals surface area (Å²) in [6, 6.07) is 9.81. The van der Waals surface area contributed by atoms with Crippen molar-refractivity contribution in [1.29, 1.82) is 0 Å². The molecule has 1 N–H and O–H groups in total. The first kappa shape index (κ1) is 17.9. The van der Waals surface area contributed by atoms with E-state index in [4.69, 9.17) is 39.5 Å². The minimum absolute atomic E-state index is 0.344. The average Bonchev–Trinajstić information content (AvgIpc) is 2.51. The Morgan fingerprint density at radius 1 is 1.09 bits per heavy atom. The number of nitrogens with one attached hydrogen (secondary N) is 1. The van der Waals surface area contributed by atoms with E-state index < -0.39 is 0 Å². The van der Waals surface area contributed by atoms with Gasteiger partial charge in [0.15, 0.2) is 0 Å². The van der Waals surface area contributed by atoms with Crippen molar-refractivity contribution in [2.24, 2.45) is 0 Å². The number of hydrogen-bond donors (Lipinski definition) is 1. The van der Waals surface area contributed by atoms with Crippen LogP contribution in [0.2, 0.25) is 15.1 Å². The van der Waals surface area contributed by atoms with Crippen LogP contribution in [0, 0.1) is 0 Å². The topological polar surface area (TPSA) is 38.3 Å². The second-order valence-corrected chi connectivity index (χ2v) is 6.20. The summed E-state index contributed by atoms with van der Waals surface area (Å²) in [5.74, 6) is 0.147. The highest BCUT2D eigenvalue weighted by atomic mass is 35.5. The number of anilines is 1. The van der Waals surface area contributed by atoms with E-state index >= 15 is 0 Å². The SMILES string of the molecule is CCCCOc1ccc(Cl)cc1C(=O)Nc1ccc(Cl)cc1Cl. The number of hydrogen-bond acceptors (Lipinski definition) is 2. The Hall–Kier alpha value is -1.42. The molecule has 0 aliphatic rings. The summed E-state index contributed by atoms with van der Waals surface area (Å²) in [7, 11) is 0. The van der Waals surface area contributed by atoms with Crippen LogP contribution in [0.5, 0.6) is 5.75 Å². The van der Waals surface area contributed by atoms with E-state index in [9.17, 15) is 4.79 Å². The van der Waals surface area contributed by atoms with Gasteiger partial charge in [-0.3, -0.25) is 4.79 Å². The number of carbonyl (C=O) groups excluding carboxylic acids is 1. The third-order valence-corrected chi connectivity index (χ3v) is 3.90. The van der Waals surface area contributed by atoms with E-state index in [1.165, 1.54) is 0 Å². The molecular formula is C17H16Cl3NO2. The number of amides is 1. The van der Waals surface area contributed by atoms with Crippen molar-refractivity contribution in [2.45, 2.75) is 19.8 Å². The van der Waals surface area contributed by atoms with Crippen molar-refractivity contribution in [1.82, 2.24) is 0 Å². The molecule has 1 amide bonds. The molecule has 0 aliphatic heterocycles. The highest BCUT2D eigenvalue weighted by molar-refractivity contribution is 6.37. The molecule has 2 rings (SSSR count). The fourth-order valence-corrected chi connectivity index (χ4v) is 2.54. The van der Waals surface area contributed by atoms with Crippen LogP contribution in [0.15, 0.2) is 36.4 Å². The minimum Gasteiger partial charge on any atom is -0.493 e. The van der Waals surface area contributed by atoms with Gasteiger partial charge in [0.05, 0.1) is 22.9 Å². The summed E-state index contributed by atoms with van der Waals surface area (Å²) in [5.41, 5.74) is 0.833. The molecule has 3 nitrogen and oxygen atoms in total. The number of unbranched alkanes of at least 4 members (excludes halogenated alkanes) is 1. The third kappa shape index (κ3) is 5.03. The predicted octanol–water partition coefficient (Wildman–Crippen LogP) is 6.08. The molecule has 0 saturated heterocycles. The van der Waals surface area contributed by atoms with Crippen LogP contribution < -0.4 is 10.1 Å². The number of carbonyl (C=O) groups is 1. The zero-order chi connectivity index (χ0) is 16.8. The van der Waals surface area contributed by atoms with Gasteiger partial charge in [-0.15, -0.1) is 0 Å². The van der Waals surface area contributed by atoms with Gasteiger partial charge >= 0.3 is 0 Å². The Kier molecular flexibility index (Phi) is 6.58. The highest BCUT2D eigenvalue weighted by Crippen LogP contribution is 2.28. The van der Waals surface area contributed by atoms with Crippen LogP contribution in [0.1, 0.15) is 30.1 Å². The molecule has 2 aromatic carbocycles. The van der Waals surface area contributed by atoms with Crippen molar-refractivity contribution in [3.63, 3.8) is 0 Å². The summed E-state index contributed by atoms with van der Waals surface area (Å²) in [6.07, 6.45) is 1.92. The minimum atomic E-state index is -0.344. The van der Waals surface area contributed by atoms with Crippen LogP contribution in [-0.2, 0) is 0 Å². The van der Waals surface area contributed by atoms with E-state index in [2.05, 4.69) is 12.2 Å². The van der Waals surface area contributed by atoms with Gasteiger partial charge in [-0.05, 0) is 42.8 Å². The maximum Gasteiger partial charge on any atom is 0.259 e. The molecule has 0 spiro atoms. The lowest BCUT2D eigenvalue weighted by atomic mass is 10.1. The van der Waals surface area contributed by atoms with Crippen molar-refractivity contribution in [3.05, 3.63) is 57.0 Å². The van der Waals surface area contributed by atoms with Gasteiger partial charge in [-0.25, -0.2) is 0 Å². The van der Waals surface area contributed by atoms with Gasteiger partial charge in [-0.2, -0.15) is 0 Å². The van der Waals surface area contributed by atoms with Crippen molar-refractivity contribution < 1.29 is 9.53 Å². The molecule has 23 heavy (non-hydrogen) atoms. The van der Waals surface area contributed by atoms with Gasteiger partial charge in [0.25, 0.3) is 5.91 Å². The highest BCUT2D eigenvalue weighted by Gasteiger charge is 2.15. The molecule has 0 aliphatic carbocycles. The quantitative estimate of drug-likeness (QED) is 0.624. The molecule has 0 aromatic heterocycles. The third-order valence-electron chi connectivity index (χ3n) is 3.12. The second-order valence-electron chi connectivity index (χ2n) is 4.92. The largest absolute Gasteiger partial charge is 0.493 e. The van der Waals surface area contributed by atoms with Crippen molar-refractivity contribution >= 4 is 46.4 Å². The molecule has 122 valence electrons. The number of ether oxygens (including phenoxy) is 1. The summed E-state index contributed by atoms with van der Waals surface area (Å²) >= 11 is 17.9. The number of benzene rings is 2. The lowest BCUT2D eigenvalue weighted by molar-refractivity contribution is 0.102. The van der Waals surface area contributed by atoms with Gasteiger partial charge in [0.1, 0.15) is 5.75 Å². The Balaban J connectivity index is 2.21. The van der Waals surface area contributed by atoms with Gasteiger partial charge in [0, 0.05) is 10.0 Å². The van der Waals surface area contributed by atoms with Crippen LogP contribution in [0.4, 0.5) is 5.69 Å². The lowest BCUT2D eigenvalue weighted by Crippen LogP contribution is -2.14. The van der Waals surface area contributed by atoms with E-state index in [1.54, 1.807) is 36.4 Å². The van der Waals surface area contributed by atoms with Crippen LogP contribution in [0.3, 0.4) is 0 Å². The molecule has 0 unspecified atom stereocenters. The summed E-state index contributed by atoms with van der Waals surface area (Å²) in [5, 5.41) is 4.06. The molecule has 0 atom stereocenters. The standard InChI is InChI=1S/C17H16Cl3NO2/c1-2-3-8-23-16-7-5-11(18)9-13(16)17(22)21-15-6-4-12(19)10-14(15)20/h4-7,9-10H,2-3,8H2,1H3,(H,21,22). The van der Waals surface area contributed by atoms with Crippen LogP contribution >= 0.6 is 34.8 Å². The first-order chi connectivity index (χ1) is 11.0. The predicted molar refractivity (Wildman–Crippen MR) is 96.3 cm³/mol. The molecule has 0 radical (unpaired) electrons. The lowest BCUT2D eigenvalue weighted by Gasteiger charge is -2.13. The second kappa shape index (κ2) is 8.44. The number of halogens is 3. The maximum absolute atomic E-state index is 12.5. The van der Waals surface area contributed by atoms with Gasteiger partial charge in [-0.1, -0.05) is 48.1 Å². The monoisotopic (exact) mass is 371 g/mol. The zero-order valence-electron chi connectivity index (χ0n) is 12.5. The molecule has 6 heteroatoms. The van der Waals surface area contributed by atoms with Gasteiger partial charge < -0.3 is 10.1 Å². The summed E-state index contributed by atoms with van der Waals surface area (Å²) in [4.78, 5) is 12.5. The van der Waals surface area contributed by atoms with Crippen LogP contribution in [-0.4, -0.2) is 12.5 Å². The van der Waals surface area contributed by atoms with E-state index in [0.717, 1.165) is 12.8 Å². The smallest absolute Gasteiger partial charge is 0.259 e. The van der Waals surface area contributed by atoms with E-state index in [0.29, 0.717) is 38.7 Å². The molecule has 2 aromatic rings. The van der Waals surface area contributed by atoms with Gasteiger partial charge in [0.2, 0.25) is 0 Å².